The number of fused-ring (bicyclic) bond motifs is 1. The van der Waals surface area contributed by atoms with Crippen LogP contribution in [-0.4, -0.2) is 60.8 Å². The van der Waals surface area contributed by atoms with Gasteiger partial charge < -0.3 is 25.0 Å². The summed E-state index contributed by atoms with van der Waals surface area (Å²) in [7, 11) is -1.17. The molecule has 3 N–H and O–H groups in total. The molecule has 9 nitrogen and oxygen atoms in total. The van der Waals surface area contributed by atoms with E-state index < -0.39 is 16.0 Å². The molecule has 4 aromatic rings. The van der Waals surface area contributed by atoms with Crippen molar-refractivity contribution in [1.82, 2.24) is 8.87 Å². The van der Waals surface area contributed by atoms with Crippen molar-refractivity contribution in [2.75, 3.05) is 43.1 Å². The lowest BCUT2D eigenvalue weighted by molar-refractivity contribution is 0.0702. The van der Waals surface area contributed by atoms with Crippen molar-refractivity contribution in [2.45, 2.75) is 44.6 Å². The van der Waals surface area contributed by atoms with Gasteiger partial charge in [0.15, 0.2) is 0 Å². The SMILES string of the molecule is Cl.Cn1c(-c2ccc(OCc3cc(N)ccc3N3CCN(S(C)(=O)=O)CC3)cc2)c(C2CCCCC2)c2sc(C(=O)O)cc21. The van der Waals surface area contributed by atoms with Gasteiger partial charge in [0.25, 0.3) is 0 Å². The second-order valence-electron chi connectivity index (χ2n) is 11.6. The highest BCUT2D eigenvalue weighted by molar-refractivity contribution is 7.88. The smallest absolute Gasteiger partial charge is 0.345 e. The van der Waals surface area contributed by atoms with E-state index in [0.717, 1.165) is 51.3 Å². The maximum absolute atomic E-state index is 12.0. The lowest BCUT2D eigenvalue weighted by atomic mass is 9.83. The molecule has 2 fully saturated rings. The number of aromatic carboxylic acids is 1. The van der Waals surface area contributed by atoms with Crippen LogP contribution in [-0.2, 0) is 23.7 Å². The second-order valence-corrected chi connectivity index (χ2v) is 14.7. The largest absolute Gasteiger partial charge is 0.489 e. The molecule has 1 saturated carbocycles. The molecule has 0 bridgehead atoms. The fourth-order valence-corrected chi connectivity index (χ4v) is 8.60. The first kappa shape index (κ1) is 32.2. The first-order chi connectivity index (χ1) is 20.6. The summed E-state index contributed by atoms with van der Waals surface area (Å²) < 4.78 is 34.9. The average molecular weight is 659 g/mol. The van der Waals surface area contributed by atoms with E-state index in [2.05, 4.69) is 21.6 Å². The van der Waals surface area contributed by atoms with Crippen LogP contribution in [0, 0.1) is 0 Å². The molecule has 2 aromatic heterocycles. The molecule has 1 aliphatic heterocycles. The average Bonchev–Trinajstić information content (AvgIpc) is 3.55. The Balaban J connectivity index is 0.00000384. The van der Waals surface area contributed by atoms with Gasteiger partial charge in [0, 0.05) is 50.2 Å². The summed E-state index contributed by atoms with van der Waals surface area (Å²) in [5, 5.41) is 9.65. The molecule has 236 valence electrons. The Labute approximate surface area is 268 Å². The highest BCUT2D eigenvalue weighted by Crippen LogP contribution is 2.46. The zero-order valence-corrected chi connectivity index (χ0v) is 27.4. The predicted molar refractivity (Wildman–Crippen MR) is 180 cm³/mol. The Kier molecular flexibility index (Phi) is 9.50. The fourth-order valence-electron chi connectivity index (χ4n) is 6.62. The molecular formula is C32H39ClN4O5S2. The van der Waals surface area contributed by atoms with Crippen molar-refractivity contribution in [1.29, 1.82) is 0 Å². The molecule has 0 unspecified atom stereocenters. The topological polar surface area (TPSA) is 118 Å². The molecule has 3 heterocycles. The highest BCUT2D eigenvalue weighted by Gasteiger charge is 2.28. The molecule has 0 radical (unpaired) electrons. The zero-order chi connectivity index (χ0) is 30.3. The molecule has 1 aliphatic carbocycles. The minimum absolute atomic E-state index is 0. The molecule has 0 spiro atoms. The van der Waals surface area contributed by atoms with Gasteiger partial charge in [-0.25, -0.2) is 13.2 Å². The van der Waals surface area contributed by atoms with E-state index in [1.165, 1.54) is 46.7 Å². The van der Waals surface area contributed by atoms with Crippen molar-refractivity contribution in [3.63, 3.8) is 0 Å². The van der Waals surface area contributed by atoms with Crippen LogP contribution >= 0.6 is 23.7 Å². The number of hydrogen-bond acceptors (Lipinski definition) is 7. The molecule has 6 rings (SSSR count). The molecule has 2 aliphatic rings. The van der Waals surface area contributed by atoms with E-state index >= 15 is 0 Å². The number of nitrogens with two attached hydrogens (primary N) is 1. The number of piperazine rings is 1. The van der Waals surface area contributed by atoms with Crippen molar-refractivity contribution in [2.24, 2.45) is 7.05 Å². The van der Waals surface area contributed by atoms with Crippen LogP contribution in [0.2, 0.25) is 0 Å². The van der Waals surface area contributed by atoms with Crippen molar-refractivity contribution in [3.05, 3.63) is 64.5 Å². The molecule has 44 heavy (non-hydrogen) atoms. The summed E-state index contributed by atoms with van der Waals surface area (Å²) in [5.74, 6) is 0.283. The number of carbonyl (C=O) groups is 1. The van der Waals surface area contributed by atoms with Gasteiger partial charge in [-0.05, 0) is 78.4 Å². The zero-order valence-electron chi connectivity index (χ0n) is 25.0. The summed E-state index contributed by atoms with van der Waals surface area (Å²) in [6.45, 7) is 2.43. The van der Waals surface area contributed by atoms with E-state index in [0.29, 0.717) is 49.3 Å². The number of thiophene rings is 1. The van der Waals surface area contributed by atoms with Crippen LogP contribution in [0.15, 0.2) is 48.5 Å². The number of anilines is 2. The number of benzene rings is 2. The maximum atomic E-state index is 12.0. The highest BCUT2D eigenvalue weighted by atomic mass is 35.5. The van der Waals surface area contributed by atoms with Crippen LogP contribution in [0.25, 0.3) is 21.5 Å². The van der Waals surface area contributed by atoms with Gasteiger partial charge in [-0.2, -0.15) is 4.31 Å². The van der Waals surface area contributed by atoms with Gasteiger partial charge in [0.2, 0.25) is 10.0 Å². The van der Waals surface area contributed by atoms with Crippen LogP contribution < -0.4 is 15.4 Å². The lowest BCUT2D eigenvalue weighted by Gasteiger charge is -2.35. The number of hydrogen-bond donors (Lipinski definition) is 2. The number of nitrogens with zero attached hydrogens (tertiary/aromatic N) is 3. The Morgan fingerprint density at radius 2 is 1.70 bits per heavy atom. The Bertz CT molecular complexity index is 1750. The first-order valence-corrected chi connectivity index (χ1v) is 17.4. The number of halogens is 1. The fraction of sp³-hybridized carbons (Fsp3) is 0.406. The number of nitrogen functional groups attached to an aromatic ring is 1. The van der Waals surface area contributed by atoms with Crippen molar-refractivity contribution >= 4 is 61.3 Å². The predicted octanol–water partition coefficient (Wildman–Crippen LogP) is 6.32. The van der Waals surface area contributed by atoms with Gasteiger partial charge >= 0.3 is 5.97 Å². The van der Waals surface area contributed by atoms with Gasteiger partial charge in [-0.15, -0.1) is 23.7 Å². The number of sulfonamides is 1. The molecule has 1 saturated heterocycles. The lowest BCUT2D eigenvalue weighted by Crippen LogP contribution is -2.48. The third-order valence-corrected chi connectivity index (χ3v) is 11.3. The van der Waals surface area contributed by atoms with Gasteiger partial charge in [-0.1, -0.05) is 19.3 Å². The van der Waals surface area contributed by atoms with E-state index in [-0.39, 0.29) is 12.4 Å². The van der Waals surface area contributed by atoms with E-state index in [9.17, 15) is 18.3 Å². The van der Waals surface area contributed by atoms with Crippen LogP contribution in [0.4, 0.5) is 11.4 Å². The normalized spacial score (nSPS) is 16.6. The maximum Gasteiger partial charge on any atom is 0.345 e. The number of rotatable bonds is 8. The molecule has 2 aromatic carbocycles. The summed E-state index contributed by atoms with van der Waals surface area (Å²) in [4.78, 5) is 14.3. The number of aryl methyl sites for hydroxylation is 1. The third kappa shape index (κ3) is 6.42. The van der Waals surface area contributed by atoms with Crippen LogP contribution in [0.1, 0.15) is 58.8 Å². The Hall–Kier alpha value is -3.25. The monoisotopic (exact) mass is 658 g/mol. The van der Waals surface area contributed by atoms with E-state index in [1.807, 2.05) is 37.4 Å². The number of aromatic nitrogens is 1. The summed E-state index contributed by atoms with van der Waals surface area (Å²) >= 11 is 1.39. The Morgan fingerprint density at radius 3 is 2.34 bits per heavy atom. The summed E-state index contributed by atoms with van der Waals surface area (Å²) in [6, 6.07) is 15.7. The summed E-state index contributed by atoms with van der Waals surface area (Å²) in [6.07, 6.45) is 7.15. The Morgan fingerprint density at radius 1 is 1.02 bits per heavy atom. The quantitative estimate of drug-likeness (QED) is 0.213. The van der Waals surface area contributed by atoms with Gasteiger partial charge in [-0.3, -0.25) is 0 Å². The molecule has 0 atom stereocenters. The molecular weight excluding hydrogens is 620 g/mol. The second kappa shape index (κ2) is 13.0. The molecule has 12 heteroatoms. The van der Waals surface area contributed by atoms with E-state index in [1.54, 1.807) is 6.07 Å². The van der Waals surface area contributed by atoms with Crippen molar-refractivity contribution < 1.29 is 23.1 Å². The first-order valence-electron chi connectivity index (χ1n) is 14.8. The van der Waals surface area contributed by atoms with Gasteiger partial charge in [0.1, 0.15) is 17.2 Å². The summed E-state index contributed by atoms with van der Waals surface area (Å²) in [5.41, 5.74) is 13.2. The number of carboxylic acids is 1. The standard InChI is InChI=1S/C32H38N4O5S2.ClH/c1-34-27-19-28(32(37)38)42-31(27)29(21-6-4-3-5-7-21)30(34)22-8-11-25(12-9-22)41-20-23-18-24(33)10-13-26(23)35-14-16-36(17-15-35)43(2,39)40;/h8-13,18-19,21H,3-7,14-17,20,33H2,1-2H3,(H,37,38);1H. The number of carboxylic acid groups (broad SMARTS) is 1. The number of ether oxygens (including phenoxy) is 1. The molecule has 0 amide bonds. The van der Waals surface area contributed by atoms with Gasteiger partial charge in [0.05, 0.1) is 22.2 Å². The van der Waals surface area contributed by atoms with Crippen LogP contribution in [0.5, 0.6) is 5.75 Å². The third-order valence-electron chi connectivity index (χ3n) is 8.81. The van der Waals surface area contributed by atoms with Crippen LogP contribution in [0.3, 0.4) is 0 Å². The minimum Gasteiger partial charge on any atom is -0.489 e. The van der Waals surface area contributed by atoms with Crippen molar-refractivity contribution in [3.8, 4) is 17.0 Å². The van der Waals surface area contributed by atoms with E-state index in [4.69, 9.17) is 10.5 Å². The minimum atomic E-state index is -3.20.